The minimum atomic E-state index is 0.0356. The molecule has 2 rings (SSSR count). The van der Waals surface area contributed by atoms with E-state index in [2.05, 4.69) is 23.6 Å². The summed E-state index contributed by atoms with van der Waals surface area (Å²) >= 11 is 1.91. The van der Waals surface area contributed by atoms with Crippen molar-refractivity contribution in [3.8, 4) is 0 Å². The first-order chi connectivity index (χ1) is 8.35. The van der Waals surface area contributed by atoms with Crippen molar-refractivity contribution in [2.24, 2.45) is 5.84 Å². The maximum absolute atomic E-state index is 5.75. The van der Waals surface area contributed by atoms with Crippen LogP contribution in [0.25, 0.3) is 0 Å². The molecular formula is C11H20N4OS. The summed E-state index contributed by atoms with van der Waals surface area (Å²) in [6.07, 6.45) is 5.15. The van der Waals surface area contributed by atoms with Gasteiger partial charge >= 0.3 is 0 Å². The Morgan fingerprint density at radius 2 is 2.65 bits per heavy atom. The topological polar surface area (TPSA) is 65.1 Å². The normalized spacial score (nSPS) is 22.6. The van der Waals surface area contributed by atoms with Crippen molar-refractivity contribution in [2.45, 2.75) is 32.0 Å². The van der Waals surface area contributed by atoms with E-state index in [-0.39, 0.29) is 12.1 Å². The third-order valence-electron chi connectivity index (χ3n) is 2.86. The number of nitrogens with one attached hydrogen (secondary N) is 1. The lowest BCUT2D eigenvalue weighted by Crippen LogP contribution is -2.41. The van der Waals surface area contributed by atoms with Crippen LogP contribution in [0.1, 0.15) is 24.9 Å². The number of rotatable bonds is 5. The quantitative estimate of drug-likeness (QED) is 0.606. The summed E-state index contributed by atoms with van der Waals surface area (Å²) in [6, 6.07) is 0.0356. The molecule has 0 aliphatic carbocycles. The third kappa shape index (κ3) is 3.22. The highest BCUT2D eigenvalue weighted by molar-refractivity contribution is 7.99. The lowest BCUT2D eigenvalue weighted by atomic mass is 10.1. The molecule has 2 atom stereocenters. The number of nitrogens with two attached hydrogens (primary N) is 1. The number of hydrogen-bond acceptors (Lipinski definition) is 5. The molecule has 0 saturated carbocycles. The Kier molecular flexibility index (Phi) is 4.85. The van der Waals surface area contributed by atoms with Crippen LogP contribution in [-0.2, 0) is 11.3 Å². The van der Waals surface area contributed by atoms with Crippen LogP contribution in [0.5, 0.6) is 0 Å². The van der Waals surface area contributed by atoms with Crippen molar-refractivity contribution in [1.29, 1.82) is 0 Å². The van der Waals surface area contributed by atoms with Crippen molar-refractivity contribution in [2.75, 3.05) is 18.1 Å². The van der Waals surface area contributed by atoms with Crippen LogP contribution in [0.3, 0.4) is 0 Å². The number of thioether (sulfide) groups is 1. The van der Waals surface area contributed by atoms with E-state index in [1.165, 1.54) is 0 Å². The predicted octanol–water partition coefficient (Wildman–Crippen LogP) is 0.929. The van der Waals surface area contributed by atoms with Gasteiger partial charge in [0, 0.05) is 29.8 Å². The highest BCUT2D eigenvalue weighted by Crippen LogP contribution is 2.24. The Bertz CT molecular complexity index is 338. The van der Waals surface area contributed by atoms with Crippen molar-refractivity contribution >= 4 is 11.8 Å². The van der Waals surface area contributed by atoms with Gasteiger partial charge in [-0.1, -0.05) is 6.92 Å². The fourth-order valence-corrected chi connectivity index (χ4v) is 2.91. The fourth-order valence-electron chi connectivity index (χ4n) is 2.01. The van der Waals surface area contributed by atoms with Crippen LogP contribution < -0.4 is 11.3 Å². The standard InChI is InChI=1S/C11H20N4OS/c1-2-3-15-7-9(6-13-15)11(14-12)10-8-17-5-4-16-10/h6-7,10-11,14H,2-5,8,12H2,1H3. The molecule has 0 bridgehead atoms. The average Bonchev–Trinajstić information content (AvgIpc) is 2.81. The van der Waals surface area contributed by atoms with Crippen LogP contribution in [-0.4, -0.2) is 34.0 Å². The van der Waals surface area contributed by atoms with Crippen molar-refractivity contribution in [3.05, 3.63) is 18.0 Å². The molecule has 0 amide bonds. The lowest BCUT2D eigenvalue weighted by Gasteiger charge is -2.29. The number of hydrazine groups is 1. The first-order valence-electron chi connectivity index (χ1n) is 6.03. The van der Waals surface area contributed by atoms with Crippen molar-refractivity contribution in [1.82, 2.24) is 15.2 Å². The molecule has 0 radical (unpaired) electrons. The van der Waals surface area contributed by atoms with Gasteiger partial charge in [-0.25, -0.2) is 0 Å². The van der Waals surface area contributed by atoms with Gasteiger partial charge in [-0.2, -0.15) is 16.9 Å². The van der Waals surface area contributed by atoms with E-state index >= 15 is 0 Å². The van der Waals surface area contributed by atoms with E-state index < -0.39 is 0 Å². The molecule has 2 unspecified atom stereocenters. The summed E-state index contributed by atoms with van der Waals surface area (Å²) in [6.45, 7) is 3.88. The number of aryl methyl sites for hydroxylation is 1. The second-order valence-corrected chi connectivity index (χ2v) is 5.32. The van der Waals surface area contributed by atoms with Gasteiger partial charge in [-0.3, -0.25) is 16.0 Å². The number of hydrogen-bond donors (Lipinski definition) is 2. The smallest absolute Gasteiger partial charge is 0.0874 e. The fraction of sp³-hybridized carbons (Fsp3) is 0.727. The second-order valence-electron chi connectivity index (χ2n) is 4.17. The zero-order valence-corrected chi connectivity index (χ0v) is 10.9. The van der Waals surface area contributed by atoms with Crippen LogP contribution in [0.15, 0.2) is 12.4 Å². The molecule has 1 aromatic heterocycles. The second kappa shape index (κ2) is 6.39. The Morgan fingerprint density at radius 3 is 3.29 bits per heavy atom. The zero-order valence-electron chi connectivity index (χ0n) is 10.1. The molecule has 1 saturated heterocycles. The van der Waals surface area contributed by atoms with Crippen LogP contribution in [0.4, 0.5) is 0 Å². The molecule has 1 fully saturated rings. The number of nitrogens with zero attached hydrogens (tertiary/aromatic N) is 2. The summed E-state index contributed by atoms with van der Waals surface area (Å²) in [5.74, 6) is 7.69. The summed E-state index contributed by atoms with van der Waals surface area (Å²) in [5, 5.41) is 4.33. The van der Waals surface area contributed by atoms with E-state index in [1.807, 2.05) is 22.6 Å². The minimum Gasteiger partial charge on any atom is -0.374 e. The van der Waals surface area contributed by atoms with Crippen LogP contribution in [0, 0.1) is 0 Å². The van der Waals surface area contributed by atoms with Gasteiger partial charge < -0.3 is 4.74 Å². The average molecular weight is 256 g/mol. The lowest BCUT2D eigenvalue weighted by molar-refractivity contribution is 0.0468. The Balaban J connectivity index is 2.04. The molecule has 2 heterocycles. The SMILES string of the molecule is CCCn1cc(C(NN)C2CSCCO2)cn1. The maximum atomic E-state index is 5.75. The van der Waals surface area contributed by atoms with Gasteiger partial charge in [0.2, 0.25) is 0 Å². The Morgan fingerprint density at radius 1 is 1.76 bits per heavy atom. The van der Waals surface area contributed by atoms with Gasteiger partial charge in [-0.15, -0.1) is 0 Å². The minimum absolute atomic E-state index is 0.0356. The molecule has 6 heteroatoms. The van der Waals surface area contributed by atoms with E-state index in [1.54, 1.807) is 0 Å². The van der Waals surface area contributed by atoms with Crippen molar-refractivity contribution in [3.63, 3.8) is 0 Å². The highest BCUT2D eigenvalue weighted by atomic mass is 32.2. The first-order valence-corrected chi connectivity index (χ1v) is 7.18. The molecule has 1 aliphatic heterocycles. The Labute approximate surface area is 106 Å². The maximum Gasteiger partial charge on any atom is 0.0874 e. The monoisotopic (exact) mass is 256 g/mol. The van der Waals surface area contributed by atoms with Gasteiger partial charge in [0.05, 0.1) is 24.9 Å². The summed E-state index contributed by atoms with van der Waals surface area (Å²) in [5.41, 5.74) is 3.96. The van der Waals surface area contributed by atoms with Crippen LogP contribution >= 0.6 is 11.8 Å². The van der Waals surface area contributed by atoms with E-state index in [0.29, 0.717) is 0 Å². The summed E-state index contributed by atoms with van der Waals surface area (Å²) in [7, 11) is 0. The first kappa shape index (κ1) is 12.9. The summed E-state index contributed by atoms with van der Waals surface area (Å²) < 4.78 is 7.71. The van der Waals surface area contributed by atoms with Gasteiger partial charge in [0.25, 0.3) is 0 Å². The molecule has 96 valence electrons. The third-order valence-corrected chi connectivity index (χ3v) is 3.88. The number of aromatic nitrogens is 2. The molecule has 17 heavy (non-hydrogen) atoms. The molecule has 1 aliphatic rings. The predicted molar refractivity (Wildman–Crippen MR) is 69.6 cm³/mol. The molecular weight excluding hydrogens is 236 g/mol. The number of ether oxygens (including phenoxy) is 1. The van der Waals surface area contributed by atoms with Crippen LogP contribution in [0.2, 0.25) is 0 Å². The highest BCUT2D eigenvalue weighted by Gasteiger charge is 2.26. The van der Waals surface area contributed by atoms with Gasteiger partial charge in [0.1, 0.15) is 0 Å². The zero-order chi connectivity index (χ0) is 12.1. The van der Waals surface area contributed by atoms with Gasteiger partial charge in [-0.05, 0) is 6.42 Å². The van der Waals surface area contributed by atoms with E-state index in [0.717, 1.165) is 36.6 Å². The van der Waals surface area contributed by atoms with E-state index in [4.69, 9.17) is 10.6 Å². The molecule has 0 spiro atoms. The Hall–Kier alpha value is -0.560. The molecule has 3 N–H and O–H groups in total. The summed E-state index contributed by atoms with van der Waals surface area (Å²) in [4.78, 5) is 0. The molecule has 0 aromatic carbocycles. The molecule has 1 aromatic rings. The van der Waals surface area contributed by atoms with Crippen molar-refractivity contribution < 1.29 is 4.74 Å². The largest absolute Gasteiger partial charge is 0.374 e. The van der Waals surface area contributed by atoms with E-state index in [9.17, 15) is 0 Å². The molecule has 5 nitrogen and oxygen atoms in total. The van der Waals surface area contributed by atoms with Gasteiger partial charge in [0.15, 0.2) is 0 Å².